The average molecular weight is 121 g/mol. The molecule has 0 fully saturated rings. The Bertz CT molecular complexity index is 160. The molecule has 9 heavy (non-hydrogen) atoms. The Morgan fingerprint density at radius 2 is 2.67 bits per heavy atom. The maximum atomic E-state index is 3.84. The van der Waals surface area contributed by atoms with Crippen LogP contribution in [0.4, 0.5) is 0 Å². The summed E-state index contributed by atoms with van der Waals surface area (Å²) in [6.07, 6.45) is 4.58. The van der Waals surface area contributed by atoms with Crippen molar-refractivity contribution in [1.29, 1.82) is 0 Å². The Hall–Kier alpha value is -0.890. The number of pyridine rings is 1. The third-order valence-corrected chi connectivity index (χ3v) is 1.03. The highest BCUT2D eigenvalue weighted by atomic mass is 14.8. The van der Waals surface area contributed by atoms with Crippen LogP contribution < -0.4 is 5.32 Å². The monoisotopic (exact) mass is 121 g/mol. The number of hydrogen-bond acceptors (Lipinski definition) is 2. The third kappa shape index (κ3) is 1.82. The summed E-state index contributed by atoms with van der Waals surface area (Å²) in [7, 11) is 1.90. The van der Waals surface area contributed by atoms with E-state index in [1.165, 1.54) is 0 Å². The largest absolute Gasteiger partial charge is 0.316 e. The number of aromatic nitrogens is 1. The molecular weight excluding hydrogens is 112 g/mol. The molecule has 1 radical (unpaired) electrons. The molecule has 0 atom stereocenters. The molecule has 0 saturated carbocycles. The van der Waals surface area contributed by atoms with Gasteiger partial charge in [-0.15, -0.1) is 0 Å². The van der Waals surface area contributed by atoms with Gasteiger partial charge in [-0.25, -0.2) is 0 Å². The summed E-state index contributed by atoms with van der Waals surface area (Å²) in [5.74, 6) is 0. The Labute approximate surface area is 54.9 Å². The highest BCUT2D eigenvalue weighted by Crippen LogP contribution is 1.91. The van der Waals surface area contributed by atoms with Crippen molar-refractivity contribution < 1.29 is 0 Å². The SMILES string of the molecule is CNCc1[c]nccc1. The van der Waals surface area contributed by atoms with Gasteiger partial charge >= 0.3 is 0 Å². The summed E-state index contributed by atoms with van der Waals surface area (Å²) in [5.41, 5.74) is 1.10. The maximum Gasteiger partial charge on any atom is 0.0934 e. The molecule has 0 spiro atoms. The van der Waals surface area contributed by atoms with E-state index >= 15 is 0 Å². The van der Waals surface area contributed by atoms with Crippen molar-refractivity contribution in [3.63, 3.8) is 0 Å². The second kappa shape index (κ2) is 3.20. The molecule has 1 aromatic rings. The first-order valence-corrected chi connectivity index (χ1v) is 2.89. The average Bonchev–Trinajstić information content (AvgIpc) is 1.91. The van der Waals surface area contributed by atoms with Gasteiger partial charge in [-0.3, -0.25) is 4.98 Å². The molecule has 0 saturated heterocycles. The zero-order chi connectivity index (χ0) is 6.53. The van der Waals surface area contributed by atoms with Crippen molar-refractivity contribution in [1.82, 2.24) is 10.3 Å². The third-order valence-electron chi connectivity index (χ3n) is 1.03. The highest BCUT2D eigenvalue weighted by molar-refractivity contribution is 5.05. The van der Waals surface area contributed by atoms with Crippen molar-refractivity contribution in [2.75, 3.05) is 7.05 Å². The van der Waals surface area contributed by atoms with Crippen molar-refractivity contribution in [2.45, 2.75) is 6.54 Å². The van der Waals surface area contributed by atoms with E-state index in [4.69, 9.17) is 0 Å². The topological polar surface area (TPSA) is 24.9 Å². The van der Waals surface area contributed by atoms with E-state index in [1.54, 1.807) is 6.20 Å². The first kappa shape index (κ1) is 6.23. The molecule has 1 heterocycles. The van der Waals surface area contributed by atoms with E-state index in [0.29, 0.717) is 0 Å². The summed E-state index contributed by atoms with van der Waals surface area (Å²) in [6, 6.07) is 3.90. The molecule has 2 nitrogen and oxygen atoms in total. The van der Waals surface area contributed by atoms with E-state index in [2.05, 4.69) is 16.5 Å². The van der Waals surface area contributed by atoms with Gasteiger partial charge in [0, 0.05) is 12.7 Å². The second-order valence-corrected chi connectivity index (χ2v) is 1.80. The van der Waals surface area contributed by atoms with Crippen LogP contribution in [0.1, 0.15) is 5.56 Å². The molecule has 1 aromatic heterocycles. The maximum absolute atomic E-state index is 3.84. The minimum absolute atomic E-state index is 0.841. The van der Waals surface area contributed by atoms with Crippen LogP contribution in [0.25, 0.3) is 0 Å². The molecule has 0 aliphatic rings. The zero-order valence-electron chi connectivity index (χ0n) is 5.39. The fourth-order valence-corrected chi connectivity index (χ4v) is 0.649. The Morgan fingerprint density at radius 3 is 3.22 bits per heavy atom. The molecule has 0 aliphatic carbocycles. The van der Waals surface area contributed by atoms with Gasteiger partial charge in [0.15, 0.2) is 0 Å². The van der Waals surface area contributed by atoms with Crippen LogP contribution in [0.3, 0.4) is 0 Å². The minimum atomic E-state index is 0.841. The molecule has 0 aliphatic heterocycles. The van der Waals surface area contributed by atoms with Gasteiger partial charge in [0.25, 0.3) is 0 Å². The van der Waals surface area contributed by atoms with Gasteiger partial charge in [-0.1, -0.05) is 6.07 Å². The smallest absolute Gasteiger partial charge is 0.0934 e. The molecule has 0 unspecified atom stereocenters. The molecule has 0 bridgehead atoms. The minimum Gasteiger partial charge on any atom is -0.316 e. The summed E-state index contributed by atoms with van der Waals surface area (Å²) in [6.45, 7) is 0.841. The molecule has 0 amide bonds. The van der Waals surface area contributed by atoms with Crippen molar-refractivity contribution >= 4 is 0 Å². The van der Waals surface area contributed by atoms with Crippen LogP contribution in [0.15, 0.2) is 18.3 Å². The molecule has 1 N–H and O–H groups in total. The molecule has 47 valence electrons. The van der Waals surface area contributed by atoms with Crippen molar-refractivity contribution in [2.24, 2.45) is 0 Å². The highest BCUT2D eigenvalue weighted by Gasteiger charge is 1.85. The van der Waals surface area contributed by atoms with Crippen LogP contribution in [0.5, 0.6) is 0 Å². The number of nitrogens with zero attached hydrogens (tertiary/aromatic N) is 1. The van der Waals surface area contributed by atoms with Crippen LogP contribution in [-0.2, 0) is 6.54 Å². The Kier molecular flexibility index (Phi) is 2.22. The van der Waals surface area contributed by atoms with E-state index < -0.39 is 0 Å². The molecule has 0 aromatic carbocycles. The predicted octanol–water partition coefficient (Wildman–Crippen LogP) is 0.601. The van der Waals surface area contributed by atoms with Gasteiger partial charge in [0.1, 0.15) is 0 Å². The zero-order valence-corrected chi connectivity index (χ0v) is 5.39. The first-order valence-electron chi connectivity index (χ1n) is 2.89. The lowest BCUT2D eigenvalue weighted by molar-refractivity contribution is 0.811. The van der Waals surface area contributed by atoms with E-state index in [-0.39, 0.29) is 0 Å². The lowest BCUT2D eigenvalue weighted by atomic mass is 10.3. The summed E-state index contributed by atoms with van der Waals surface area (Å²) in [4.78, 5) is 3.84. The van der Waals surface area contributed by atoms with E-state index in [1.807, 2.05) is 19.2 Å². The summed E-state index contributed by atoms with van der Waals surface area (Å²) in [5, 5.41) is 3.01. The lowest BCUT2D eigenvalue weighted by Crippen LogP contribution is -2.04. The summed E-state index contributed by atoms with van der Waals surface area (Å²) < 4.78 is 0. The predicted molar refractivity (Wildman–Crippen MR) is 35.8 cm³/mol. The first-order chi connectivity index (χ1) is 4.43. The summed E-state index contributed by atoms with van der Waals surface area (Å²) >= 11 is 0. The number of hydrogen-bond donors (Lipinski definition) is 1. The van der Waals surface area contributed by atoms with Gasteiger partial charge in [0.2, 0.25) is 0 Å². The van der Waals surface area contributed by atoms with Crippen molar-refractivity contribution in [3.8, 4) is 0 Å². The lowest BCUT2D eigenvalue weighted by Gasteiger charge is -1.94. The fourth-order valence-electron chi connectivity index (χ4n) is 0.649. The van der Waals surface area contributed by atoms with Crippen LogP contribution in [0, 0.1) is 6.20 Å². The van der Waals surface area contributed by atoms with Gasteiger partial charge in [-0.05, 0) is 18.7 Å². The van der Waals surface area contributed by atoms with E-state index in [0.717, 1.165) is 12.1 Å². The van der Waals surface area contributed by atoms with Crippen LogP contribution in [-0.4, -0.2) is 12.0 Å². The van der Waals surface area contributed by atoms with Crippen LogP contribution in [0.2, 0.25) is 0 Å². The van der Waals surface area contributed by atoms with Gasteiger partial charge in [-0.2, -0.15) is 0 Å². The van der Waals surface area contributed by atoms with Crippen LogP contribution >= 0.6 is 0 Å². The molecule has 2 heteroatoms. The Balaban J connectivity index is 2.61. The molecule has 1 rings (SSSR count). The second-order valence-electron chi connectivity index (χ2n) is 1.80. The van der Waals surface area contributed by atoms with Gasteiger partial charge < -0.3 is 5.32 Å². The quantitative estimate of drug-likeness (QED) is 0.619. The number of rotatable bonds is 2. The van der Waals surface area contributed by atoms with Crippen molar-refractivity contribution in [3.05, 3.63) is 30.1 Å². The van der Waals surface area contributed by atoms with Gasteiger partial charge in [0.05, 0.1) is 6.20 Å². The Morgan fingerprint density at radius 1 is 1.78 bits per heavy atom. The molecular formula is C7H9N2. The standard InChI is InChI=1S/C7H9N2/c1-8-5-7-3-2-4-9-6-7/h2-4,8H,5H2,1H3. The fraction of sp³-hybridized carbons (Fsp3) is 0.286. The number of nitrogens with one attached hydrogen (secondary N) is 1. The van der Waals surface area contributed by atoms with E-state index in [9.17, 15) is 0 Å². The normalized spacial score (nSPS) is 9.44.